The second kappa shape index (κ2) is 3.24. The van der Waals surface area contributed by atoms with Crippen LogP contribution in [0.15, 0.2) is 0 Å². The second-order valence-electron chi connectivity index (χ2n) is 2.46. The summed E-state index contributed by atoms with van der Waals surface area (Å²) in [6.45, 7) is 5.78. The summed E-state index contributed by atoms with van der Waals surface area (Å²) < 4.78 is 13.3. The molecule has 4 heteroatoms. The summed E-state index contributed by atoms with van der Waals surface area (Å²) in [5.41, 5.74) is 0. The van der Waals surface area contributed by atoms with E-state index >= 15 is 0 Å². The standard InChI is InChI=1S/C4H10INOS/c1-4(2,3)8(7)6-5/h6H,1-3H3. The first-order chi connectivity index (χ1) is 3.48. The summed E-state index contributed by atoms with van der Waals surface area (Å²) in [6.07, 6.45) is 0. The summed E-state index contributed by atoms with van der Waals surface area (Å²) in [6, 6.07) is 0. The molecule has 1 N–H and O–H groups in total. The lowest BCUT2D eigenvalue weighted by Gasteiger charge is -2.20. The SMILES string of the molecule is CC(C)(C)[S+]([O-])NI. The predicted octanol–water partition coefficient (Wildman–Crippen LogP) is 1.39. The van der Waals surface area contributed by atoms with Crippen molar-refractivity contribution < 1.29 is 4.55 Å². The van der Waals surface area contributed by atoms with Crippen molar-refractivity contribution in [2.24, 2.45) is 0 Å². The maximum Gasteiger partial charge on any atom is 0.137 e. The monoisotopic (exact) mass is 247 g/mol. The fourth-order valence-corrected chi connectivity index (χ4v) is 2.33. The molecule has 0 rings (SSSR count). The van der Waals surface area contributed by atoms with Crippen LogP contribution < -0.4 is 2.94 Å². The molecule has 1 unspecified atom stereocenters. The highest BCUT2D eigenvalue weighted by Crippen LogP contribution is 2.13. The van der Waals surface area contributed by atoms with Crippen LogP contribution in [0.3, 0.4) is 0 Å². The molecule has 0 radical (unpaired) electrons. The van der Waals surface area contributed by atoms with Gasteiger partial charge >= 0.3 is 0 Å². The number of hydrogen-bond acceptors (Lipinski definition) is 2. The summed E-state index contributed by atoms with van der Waals surface area (Å²) in [5.74, 6) is 0. The normalized spacial score (nSPS) is 16.1. The fourth-order valence-electron chi connectivity index (χ4n) is 0.116. The van der Waals surface area contributed by atoms with Crippen molar-refractivity contribution in [3.8, 4) is 0 Å². The Hall–Kier alpha value is 1.00. The smallest absolute Gasteiger partial charge is 0.137 e. The van der Waals surface area contributed by atoms with Crippen molar-refractivity contribution in [3.05, 3.63) is 0 Å². The summed E-state index contributed by atoms with van der Waals surface area (Å²) in [5, 5.41) is 0. The molecular formula is C4H10INOS. The van der Waals surface area contributed by atoms with Gasteiger partial charge in [-0.1, -0.05) is 2.94 Å². The van der Waals surface area contributed by atoms with Gasteiger partial charge in [-0.15, -0.1) is 0 Å². The topological polar surface area (TPSA) is 35.1 Å². The van der Waals surface area contributed by atoms with Gasteiger partial charge in [-0.3, -0.25) is 0 Å². The Balaban J connectivity index is 3.62. The molecule has 50 valence electrons. The van der Waals surface area contributed by atoms with Crippen molar-refractivity contribution in [3.63, 3.8) is 0 Å². The van der Waals surface area contributed by atoms with E-state index in [1.807, 2.05) is 43.6 Å². The first-order valence-corrected chi connectivity index (χ1v) is 4.49. The highest BCUT2D eigenvalue weighted by Gasteiger charge is 2.24. The average Bonchev–Trinajstić information content (AvgIpc) is 1.62. The van der Waals surface area contributed by atoms with Crippen LogP contribution >= 0.6 is 22.9 Å². The highest BCUT2D eigenvalue weighted by atomic mass is 127. The zero-order valence-corrected chi connectivity index (χ0v) is 8.17. The molecule has 0 aliphatic rings. The van der Waals surface area contributed by atoms with Gasteiger partial charge in [0.15, 0.2) is 0 Å². The molecule has 0 fully saturated rings. The minimum atomic E-state index is -0.908. The Kier molecular flexibility index (Phi) is 3.64. The number of halogens is 1. The van der Waals surface area contributed by atoms with Crippen molar-refractivity contribution >= 4 is 34.2 Å². The number of nitrogens with one attached hydrogen (secondary N) is 1. The molecule has 0 aromatic carbocycles. The molecule has 0 aromatic rings. The Bertz CT molecular complexity index is 72.9. The third-order valence-electron chi connectivity index (χ3n) is 0.626. The van der Waals surface area contributed by atoms with Crippen LogP contribution in [0.4, 0.5) is 0 Å². The van der Waals surface area contributed by atoms with Crippen LogP contribution in [0.2, 0.25) is 0 Å². The molecule has 0 bridgehead atoms. The number of rotatable bonds is 1. The van der Waals surface area contributed by atoms with Gasteiger partial charge in [-0.05, 0) is 20.8 Å². The van der Waals surface area contributed by atoms with Crippen molar-refractivity contribution in [2.45, 2.75) is 25.5 Å². The molecule has 8 heavy (non-hydrogen) atoms. The molecule has 0 spiro atoms. The van der Waals surface area contributed by atoms with Gasteiger partial charge < -0.3 is 4.55 Å². The quantitative estimate of drug-likeness (QED) is 0.431. The van der Waals surface area contributed by atoms with Gasteiger partial charge in [0.05, 0.1) is 34.2 Å². The van der Waals surface area contributed by atoms with Crippen LogP contribution in [0.1, 0.15) is 20.8 Å². The zero-order valence-electron chi connectivity index (χ0n) is 5.19. The lowest BCUT2D eigenvalue weighted by atomic mass is 10.3. The van der Waals surface area contributed by atoms with Crippen molar-refractivity contribution in [2.75, 3.05) is 0 Å². The van der Waals surface area contributed by atoms with Gasteiger partial charge in [-0.25, -0.2) is 0 Å². The average molecular weight is 247 g/mol. The third-order valence-corrected chi connectivity index (χ3v) is 3.08. The molecule has 0 saturated heterocycles. The van der Waals surface area contributed by atoms with E-state index in [4.69, 9.17) is 0 Å². The van der Waals surface area contributed by atoms with E-state index < -0.39 is 11.4 Å². The van der Waals surface area contributed by atoms with Crippen LogP contribution in [0.5, 0.6) is 0 Å². The van der Waals surface area contributed by atoms with Crippen molar-refractivity contribution in [1.29, 1.82) is 0 Å². The molecule has 0 aliphatic heterocycles. The molecule has 1 atom stereocenters. The van der Waals surface area contributed by atoms with E-state index in [2.05, 4.69) is 2.94 Å². The molecule has 0 aliphatic carbocycles. The van der Waals surface area contributed by atoms with E-state index in [9.17, 15) is 4.55 Å². The van der Waals surface area contributed by atoms with Gasteiger partial charge in [-0.2, -0.15) is 0 Å². The van der Waals surface area contributed by atoms with E-state index in [1.165, 1.54) is 0 Å². The van der Waals surface area contributed by atoms with Crippen LogP contribution in [0.25, 0.3) is 0 Å². The van der Waals surface area contributed by atoms with Crippen molar-refractivity contribution in [1.82, 2.24) is 2.94 Å². The molecule has 0 saturated carbocycles. The Morgan fingerprint density at radius 3 is 1.88 bits per heavy atom. The maximum absolute atomic E-state index is 10.8. The highest BCUT2D eigenvalue weighted by molar-refractivity contribution is 14.1. The largest absolute Gasteiger partial charge is 0.597 e. The Morgan fingerprint density at radius 1 is 1.50 bits per heavy atom. The molecule has 0 heterocycles. The molecule has 0 aromatic heterocycles. The van der Waals surface area contributed by atoms with Crippen LogP contribution in [-0.4, -0.2) is 9.30 Å². The second-order valence-corrected chi connectivity index (χ2v) is 5.70. The van der Waals surface area contributed by atoms with E-state index in [1.54, 1.807) is 0 Å². The lowest BCUT2D eigenvalue weighted by Crippen LogP contribution is -2.34. The van der Waals surface area contributed by atoms with Gasteiger partial charge in [0.25, 0.3) is 0 Å². The fraction of sp³-hybridized carbons (Fsp3) is 1.00. The first-order valence-electron chi connectivity index (χ1n) is 2.26. The third kappa shape index (κ3) is 3.11. The zero-order chi connectivity index (χ0) is 6.78. The minimum absolute atomic E-state index is 0.138. The first kappa shape index (κ1) is 9.00. The van der Waals surface area contributed by atoms with E-state index in [0.717, 1.165) is 0 Å². The molecule has 0 amide bonds. The minimum Gasteiger partial charge on any atom is -0.597 e. The summed E-state index contributed by atoms with van der Waals surface area (Å²) >= 11 is 0.981. The van der Waals surface area contributed by atoms with Crippen LogP contribution in [-0.2, 0) is 11.4 Å². The van der Waals surface area contributed by atoms with Gasteiger partial charge in [0.2, 0.25) is 0 Å². The molecular weight excluding hydrogens is 237 g/mol. The van der Waals surface area contributed by atoms with E-state index in [-0.39, 0.29) is 4.75 Å². The molecule has 2 nitrogen and oxygen atoms in total. The van der Waals surface area contributed by atoms with Crippen LogP contribution in [0, 0.1) is 0 Å². The summed E-state index contributed by atoms with van der Waals surface area (Å²) in [7, 11) is 0. The summed E-state index contributed by atoms with van der Waals surface area (Å²) in [4.78, 5) is 0. The number of hydrogen-bond donors (Lipinski definition) is 1. The van der Waals surface area contributed by atoms with E-state index in [0.29, 0.717) is 0 Å². The van der Waals surface area contributed by atoms with Gasteiger partial charge in [0, 0.05) is 0 Å². The predicted molar refractivity (Wildman–Crippen MR) is 45.1 cm³/mol. The maximum atomic E-state index is 10.8. The van der Waals surface area contributed by atoms with Gasteiger partial charge in [0.1, 0.15) is 4.75 Å². The Labute approximate surface area is 67.2 Å². The Morgan fingerprint density at radius 2 is 1.88 bits per heavy atom. The lowest BCUT2D eigenvalue weighted by molar-refractivity contribution is 0.559.